The van der Waals surface area contributed by atoms with Crippen molar-refractivity contribution in [1.29, 1.82) is 0 Å². The molecule has 3 aliphatic rings. The summed E-state index contributed by atoms with van der Waals surface area (Å²) in [5, 5.41) is 12.1. The number of aliphatic hydroxyl groups is 1. The SMILES string of the molecule is COCC1CCCN1CC1OC(c2ccc(N3C(=O)CC(NC(=O)OCc4ccccc4)C3=O)cc2)OC(c2ccc(CO)cc2)C1C. The van der Waals surface area contributed by atoms with Crippen LogP contribution >= 0.6 is 0 Å². The Bertz CT molecular complexity index is 1550. The van der Waals surface area contributed by atoms with Gasteiger partial charge in [-0.2, -0.15) is 0 Å². The number of imide groups is 1. The fraction of sp³-hybridized carbons (Fsp3) is 0.432. The van der Waals surface area contributed by atoms with Gasteiger partial charge in [-0.05, 0) is 48.2 Å². The number of ether oxygens (including phenoxy) is 4. The Kier molecular flexibility index (Phi) is 10.8. The van der Waals surface area contributed by atoms with Crippen molar-refractivity contribution in [3.8, 4) is 0 Å². The average Bonchev–Trinajstić information content (AvgIpc) is 3.66. The molecule has 2 N–H and O–H groups in total. The Balaban J connectivity index is 1.15. The van der Waals surface area contributed by atoms with Crippen molar-refractivity contribution in [3.05, 3.63) is 101 Å². The van der Waals surface area contributed by atoms with Gasteiger partial charge >= 0.3 is 6.09 Å². The molecule has 3 fully saturated rings. The van der Waals surface area contributed by atoms with Gasteiger partial charge in [-0.25, -0.2) is 9.69 Å². The number of carbonyl (C=O) groups excluding carboxylic acids is 3. The van der Waals surface area contributed by atoms with Crippen LogP contribution in [0.4, 0.5) is 10.5 Å². The first-order valence-electron chi connectivity index (χ1n) is 16.5. The van der Waals surface area contributed by atoms with Gasteiger partial charge in [0.05, 0.1) is 37.5 Å². The molecule has 3 aromatic rings. The number of anilines is 1. The molecule has 3 heterocycles. The maximum Gasteiger partial charge on any atom is 0.408 e. The molecule has 6 unspecified atom stereocenters. The zero-order valence-electron chi connectivity index (χ0n) is 27.3. The number of nitrogens with one attached hydrogen (secondary N) is 1. The number of hydrogen-bond donors (Lipinski definition) is 2. The first kappa shape index (κ1) is 33.8. The topological polar surface area (TPSA) is 127 Å². The van der Waals surface area contributed by atoms with E-state index in [1.165, 1.54) is 0 Å². The van der Waals surface area contributed by atoms with E-state index < -0.39 is 30.2 Å². The molecule has 48 heavy (non-hydrogen) atoms. The third-order valence-electron chi connectivity index (χ3n) is 9.47. The molecule has 3 saturated heterocycles. The summed E-state index contributed by atoms with van der Waals surface area (Å²) in [6, 6.07) is 23.3. The van der Waals surface area contributed by atoms with E-state index in [-0.39, 0.29) is 37.8 Å². The fourth-order valence-electron chi connectivity index (χ4n) is 6.78. The van der Waals surface area contributed by atoms with E-state index in [1.54, 1.807) is 31.4 Å². The standard InChI is InChI=1S/C37H43N3O8/c1-24-32(20-39-18-6-9-30(39)23-45-2)47-36(48-34(24)27-12-10-25(21-41)11-13-27)28-14-16-29(17-15-28)40-33(42)19-31(35(40)43)38-37(44)46-22-26-7-4-3-5-8-26/h3-5,7-8,10-17,24,30-32,34,36,41H,6,9,18-23H2,1-2H3,(H,38,44). The van der Waals surface area contributed by atoms with Crippen molar-refractivity contribution in [2.45, 2.75) is 70.0 Å². The minimum atomic E-state index is -1.02. The van der Waals surface area contributed by atoms with Crippen LogP contribution in [-0.4, -0.2) is 72.9 Å². The Morgan fingerprint density at radius 2 is 1.69 bits per heavy atom. The van der Waals surface area contributed by atoms with Crippen molar-refractivity contribution < 1.29 is 38.4 Å². The maximum absolute atomic E-state index is 13.2. The molecular formula is C37H43N3O8. The number of nitrogens with zero attached hydrogens (tertiary/aromatic N) is 2. The van der Waals surface area contributed by atoms with Crippen molar-refractivity contribution in [3.63, 3.8) is 0 Å². The number of amides is 3. The van der Waals surface area contributed by atoms with Gasteiger partial charge in [0.15, 0.2) is 6.29 Å². The fourth-order valence-corrected chi connectivity index (χ4v) is 6.78. The van der Waals surface area contributed by atoms with Gasteiger partial charge in [0.1, 0.15) is 12.6 Å². The molecule has 0 aliphatic carbocycles. The van der Waals surface area contributed by atoms with Gasteiger partial charge in [-0.15, -0.1) is 0 Å². The maximum atomic E-state index is 13.2. The first-order chi connectivity index (χ1) is 23.3. The van der Waals surface area contributed by atoms with Crippen molar-refractivity contribution >= 4 is 23.6 Å². The minimum Gasteiger partial charge on any atom is -0.445 e. The third-order valence-corrected chi connectivity index (χ3v) is 9.47. The second-order valence-electron chi connectivity index (χ2n) is 12.7. The molecule has 0 radical (unpaired) electrons. The minimum absolute atomic E-state index is 0.0326. The Morgan fingerprint density at radius 1 is 0.958 bits per heavy atom. The number of hydrogen-bond acceptors (Lipinski definition) is 9. The normalized spacial score (nSPS) is 26.2. The third kappa shape index (κ3) is 7.61. The molecule has 3 amide bonds. The molecule has 254 valence electrons. The summed E-state index contributed by atoms with van der Waals surface area (Å²) >= 11 is 0. The van der Waals surface area contributed by atoms with Crippen LogP contribution in [-0.2, 0) is 41.8 Å². The number of aliphatic hydroxyl groups excluding tert-OH is 1. The lowest BCUT2D eigenvalue weighted by molar-refractivity contribution is -0.276. The van der Waals surface area contributed by atoms with Gasteiger partial charge < -0.3 is 29.4 Å². The lowest BCUT2D eigenvalue weighted by Gasteiger charge is -2.43. The van der Waals surface area contributed by atoms with Gasteiger partial charge in [0.2, 0.25) is 5.91 Å². The smallest absolute Gasteiger partial charge is 0.408 e. The number of benzene rings is 3. The summed E-state index contributed by atoms with van der Waals surface area (Å²) in [4.78, 5) is 42.1. The van der Waals surface area contributed by atoms with Gasteiger partial charge in [-0.3, -0.25) is 14.5 Å². The molecule has 6 rings (SSSR count). The highest BCUT2D eigenvalue weighted by molar-refractivity contribution is 6.22. The molecule has 0 bridgehead atoms. The highest BCUT2D eigenvalue weighted by atomic mass is 16.7. The highest BCUT2D eigenvalue weighted by Crippen LogP contribution is 2.42. The Labute approximate surface area is 280 Å². The molecule has 11 heteroatoms. The Hall–Kier alpha value is -4.13. The molecule has 0 saturated carbocycles. The van der Waals surface area contributed by atoms with E-state index in [4.69, 9.17) is 18.9 Å². The lowest BCUT2D eigenvalue weighted by atomic mass is 9.90. The van der Waals surface area contributed by atoms with Gasteiger partial charge in [0.25, 0.3) is 5.91 Å². The van der Waals surface area contributed by atoms with Crippen LogP contribution in [0.3, 0.4) is 0 Å². The number of rotatable bonds is 11. The van der Waals surface area contributed by atoms with Crippen molar-refractivity contribution in [2.24, 2.45) is 5.92 Å². The van der Waals surface area contributed by atoms with Gasteiger partial charge in [-0.1, -0.05) is 73.7 Å². The Morgan fingerprint density at radius 3 is 2.40 bits per heavy atom. The summed E-state index contributed by atoms with van der Waals surface area (Å²) in [5.41, 5.74) is 3.78. The van der Waals surface area contributed by atoms with Crippen LogP contribution in [0.15, 0.2) is 78.9 Å². The van der Waals surface area contributed by atoms with Crippen molar-refractivity contribution in [1.82, 2.24) is 10.2 Å². The summed E-state index contributed by atoms with van der Waals surface area (Å²) in [6.45, 7) is 4.55. The predicted octanol–water partition coefficient (Wildman–Crippen LogP) is 4.64. The predicted molar refractivity (Wildman–Crippen MR) is 177 cm³/mol. The molecule has 0 aromatic heterocycles. The average molecular weight is 658 g/mol. The number of alkyl carbamates (subject to hydrolysis) is 1. The monoisotopic (exact) mass is 657 g/mol. The zero-order chi connectivity index (χ0) is 33.6. The lowest BCUT2D eigenvalue weighted by Crippen LogP contribution is -2.46. The van der Waals surface area contributed by atoms with Crippen LogP contribution in [0, 0.1) is 5.92 Å². The number of carbonyl (C=O) groups is 3. The van der Waals surface area contributed by atoms with E-state index in [0.29, 0.717) is 18.3 Å². The largest absolute Gasteiger partial charge is 0.445 e. The van der Waals surface area contributed by atoms with E-state index in [1.807, 2.05) is 54.6 Å². The van der Waals surface area contributed by atoms with Crippen LogP contribution in [0.5, 0.6) is 0 Å². The second-order valence-corrected chi connectivity index (χ2v) is 12.7. The highest BCUT2D eigenvalue weighted by Gasteiger charge is 2.42. The summed E-state index contributed by atoms with van der Waals surface area (Å²) in [6.07, 6.45) is 0.180. The molecule has 11 nitrogen and oxygen atoms in total. The van der Waals surface area contributed by atoms with E-state index in [9.17, 15) is 19.5 Å². The summed E-state index contributed by atoms with van der Waals surface area (Å²) in [7, 11) is 1.73. The number of likely N-dealkylation sites (tertiary alicyclic amines) is 1. The van der Waals surface area contributed by atoms with Crippen LogP contribution in [0.2, 0.25) is 0 Å². The van der Waals surface area contributed by atoms with Crippen LogP contribution in [0.1, 0.15) is 60.8 Å². The second kappa shape index (κ2) is 15.4. The first-order valence-corrected chi connectivity index (χ1v) is 16.5. The molecule has 0 spiro atoms. The molecule has 6 atom stereocenters. The van der Waals surface area contributed by atoms with E-state index in [2.05, 4.69) is 17.1 Å². The zero-order valence-corrected chi connectivity index (χ0v) is 27.3. The van der Waals surface area contributed by atoms with E-state index in [0.717, 1.165) is 53.1 Å². The summed E-state index contributed by atoms with van der Waals surface area (Å²) < 4.78 is 24.0. The molecule has 3 aromatic carbocycles. The molecule has 3 aliphatic heterocycles. The van der Waals surface area contributed by atoms with Crippen LogP contribution < -0.4 is 10.2 Å². The number of methoxy groups -OCH3 is 1. The summed E-state index contributed by atoms with van der Waals surface area (Å²) in [5.74, 6) is -0.901. The van der Waals surface area contributed by atoms with Crippen molar-refractivity contribution in [2.75, 3.05) is 31.7 Å². The van der Waals surface area contributed by atoms with E-state index >= 15 is 0 Å². The molecular weight excluding hydrogens is 614 g/mol. The van der Waals surface area contributed by atoms with Crippen LogP contribution in [0.25, 0.3) is 0 Å². The quantitative estimate of drug-likeness (QED) is 0.284. The van der Waals surface area contributed by atoms with Gasteiger partial charge in [0, 0.05) is 31.2 Å².